The molecule has 3 aromatic rings. The number of hydrogen-bond donors (Lipinski definition) is 1. The second-order valence-electron chi connectivity index (χ2n) is 6.28. The Labute approximate surface area is 160 Å². The number of aryl methyl sites for hydroxylation is 1. The fraction of sp³-hybridized carbons (Fsp3) is 0.158. The van der Waals surface area contributed by atoms with Crippen molar-refractivity contribution in [3.05, 3.63) is 64.9 Å². The van der Waals surface area contributed by atoms with E-state index in [2.05, 4.69) is 10.1 Å². The number of anilines is 2. The number of aromatic nitrogens is 3. The van der Waals surface area contributed by atoms with Crippen LogP contribution in [0.25, 0.3) is 5.82 Å². The van der Waals surface area contributed by atoms with Crippen molar-refractivity contribution in [2.24, 2.45) is 0 Å². The van der Waals surface area contributed by atoms with Gasteiger partial charge in [-0.3, -0.25) is 14.5 Å². The fourth-order valence-corrected chi connectivity index (χ4v) is 3.49. The smallest absolute Gasteiger partial charge is 0.242 e. The Balaban J connectivity index is 1.73. The van der Waals surface area contributed by atoms with Crippen molar-refractivity contribution in [3.63, 3.8) is 0 Å². The van der Waals surface area contributed by atoms with Gasteiger partial charge in [-0.05, 0) is 43.3 Å². The van der Waals surface area contributed by atoms with Crippen LogP contribution >= 0.6 is 11.6 Å². The van der Waals surface area contributed by atoms with Crippen molar-refractivity contribution in [3.8, 4) is 5.82 Å². The molecule has 0 spiro atoms. The van der Waals surface area contributed by atoms with Gasteiger partial charge in [0, 0.05) is 23.2 Å². The van der Waals surface area contributed by atoms with Crippen LogP contribution < -0.4 is 10.6 Å². The highest BCUT2D eigenvalue weighted by Gasteiger charge is 2.43. The van der Waals surface area contributed by atoms with Crippen LogP contribution in [0, 0.1) is 6.92 Å². The summed E-state index contributed by atoms with van der Waals surface area (Å²) >= 11 is 5.90. The van der Waals surface area contributed by atoms with Crippen molar-refractivity contribution in [1.82, 2.24) is 14.8 Å². The molecule has 1 aliphatic heterocycles. The Morgan fingerprint density at radius 2 is 1.89 bits per heavy atom. The van der Waals surface area contributed by atoms with Crippen LogP contribution in [0.1, 0.15) is 23.6 Å². The predicted octanol–water partition coefficient (Wildman–Crippen LogP) is 2.86. The lowest BCUT2D eigenvalue weighted by Crippen LogP contribution is -2.30. The summed E-state index contributed by atoms with van der Waals surface area (Å²) in [5.41, 5.74) is 7.94. The normalized spacial score (nSPS) is 17.0. The molecule has 1 atom stereocenters. The summed E-state index contributed by atoms with van der Waals surface area (Å²) in [7, 11) is 0. The van der Waals surface area contributed by atoms with Gasteiger partial charge in [-0.2, -0.15) is 9.78 Å². The van der Waals surface area contributed by atoms with Gasteiger partial charge in [0.15, 0.2) is 5.82 Å². The summed E-state index contributed by atoms with van der Waals surface area (Å²) in [6.07, 6.45) is 1.68. The van der Waals surface area contributed by atoms with Gasteiger partial charge in [0.05, 0.1) is 17.3 Å². The maximum atomic E-state index is 13.0. The van der Waals surface area contributed by atoms with Gasteiger partial charge >= 0.3 is 0 Å². The van der Waals surface area contributed by atoms with Gasteiger partial charge in [0.2, 0.25) is 11.8 Å². The third-order valence-corrected chi connectivity index (χ3v) is 4.84. The lowest BCUT2D eigenvalue weighted by Gasteiger charge is -2.15. The highest BCUT2D eigenvalue weighted by atomic mass is 35.5. The maximum Gasteiger partial charge on any atom is 0.242 e. The fourth-order valence-electron chi connectivity index (χ4n) is 3.36. The molecule has 27 heavy (non-hydrogen) atoms. The van der Waals surface area contributed by atoms with Crippen LogP contribution in [-0.4, -0.2) is 26.6 Å². The van der Waals surface area contributed by atoms with E-state index in [-0.39, 0.29) is 18.2 Å². The van der Waals surface area contributed by atoms with Crippen molar-refractivity contribution < 1.29 is 9.59 Å². The zero-order chi connectivity index (χ0) is 19.1. The monoisotopic (exact) mass is 381 g/mol. The lowest BCUT2D eigenvalue weighted by atomic mass is 9.97. The largest absolute Gasteiger partial charge is 0.383 e. The van der Waals surface area contributed by atoms with Crippen LogP contribution in [0.2, 0.25) is 5.02 Å². The van der Waals surface area contributed by atoms with E-state index in [9.17, 15) is 9.59 Å². The number of amides is 2. The SMILES string of the molecule is Cc1nn(-c2ccccn2)c(N)c1C1CC(=O)N(c2ccc(Cl)cc2)C1=O. The summed E-state index contributed by atoms with van der Waals surface area (Å²) in [6.45, 7) is 1.77. The molecule has 136 valence electrons. The van der Waals surface area contributed by atoms with E-state index in [4.69, 9.17) is 17.3 Å². The van der Waals surface area contributed by atoms with Crippen LogP contribution in [0.5, 0.6) is 0 Å². The van der Waals surface area contributed by atoms with Crippen LogP contribution in [0.4, 0.5) is 11.5 Å². The maximum absolute atomic E-state index is 13.0. The lowest BCUT2D eigenvalue weighted by molar-refractivity contribution is -0.121. The quantitative estimate of drug-likeness (QED) is 0.704. The van der Waals surface area contributed by atoms with E-state index in [1.807, 2.05) is 6.07 Å². The molecule has 1 fully saturated rings. The standard InChI is InChI=1S/C19H16ClN5O2/c1-11-17(18(21)25(23-11)15-4-2-3-9-22-15)14-10-16(26)24(19(14)27)13-7-5-12(20)6-8-13/h2-9,14H,10,21H2,1H3. The summed E-state index contributed by atoms with van der Waals surface area (Å²) in [4.78, 5) is 31.0. The molecule has 0 radical (unpaired) electrons. The predicted molar refractivity (Wildman–Crippen MR) is 102 cm³/mol. The average Bonchev–Trinajstić information content (AvgIpc) is 3.12. The molecule has 2 amide bonds. The molecule has 0 bridgehead atoms. The molecule has 8 heteroatoms. The molecule has 0 aliphatic carbocycles. The first kappa shape index (κ1) is 17.2. The molecular weight excluding hydrogens is 366 g/mol. The Hall–Kier alpha value is -3.19. The molecule has 3 heterocycles. The number of pyridine rings is 1. The molecular formula is C19H16ClN5O2. The van der Waals surface area contributed by atoms with E-state index in [1.165, 1.54) is 9.58 Å². The van der Waals surface area contributed by atoms with Crippen LogP contribution in [-0.2, 0) is 9.59 Å². The minimum atomic E-state index is -0.675. The number of carbonyl (C=O) groups is 2. The van der Waals surface area contributed by atoms with Crippen molar-refractivity contribution in [1.29, 1.82) is 0 Å². The highest BCUT2D eigenvalue weighted by molar-refractivity contribution is 6.30. The van der Waals surface area contributed by atoms with E-state index in [1.54, 1.807) is 49.5 Å². The molecule has 1 aliphatic rings. The minimum Gasteiger partial charge on any atom is -0.383 e. The zero-order valence-corrected chi connectivity index (χ0v) is 15.2. The first-order chi connectivity index (χ1) is 13.0. The molecule has 4 rings (SSSR count). The Kier molecular flexibility index (Phi) is 4.16. The molecule has 7 nitrogen and oxygen atoms in total. The topological polar surface area (TPSA) is 94.1 Å². The van der Waals surface area contributed by atoms with E-state index < -0.39 is 5.92 Å². The number of nitrogens with two attached hydrogens (primary N) is 1. The van der Waals surface area contributed by atoms with Crippen molar-refractivity contribution in [2.75, 3.05) is 10.6 Å². The number of benzene rings is 1. The second-order valence-corrected chi connectivity index (χ2v) is 6.72. The van der Waals surface area contributed by atoms with Crippen LogP contribution in [0.3, 0.4) is 0 Å². The number of carbonyl (C=O) groups excluding carboxylic acids is 2. The van der Waals surface area contributed by atoms with Crippen molar-refractivity contribution >= 4 is 34.9 Å². The van der Waals surface area contributed by atoms with Gasteiger partial charge in [-0.1, -0.05) is 17.7 Å². The summed E-state index contributed by atoms with van der Waals surface area (Å²) in [6, 6.07) is 12.0. The van der Waals surface area contributed by atoms with Gasteiger partial charge in [0.25, 0.3) is 0 Å². The number of nitrogens with zero attached hydrogens (tertiary/aromatic N) is 4. The van der Waals surface area contributed by atoms with Gasteiger partial charge < -0.3 is 5.73 Å². The first-order valence-corrected chi connectivity index (χ1v) is 8.74. The Bertz CT molecular complexity index is 1030. The molecule has 2 N–H and O–H groups in total. The van der Waals surface area contributed by atoms with E-state index in [0.717, 1.165) is 0 Å². The number of halogens is 1. The summed E-state index contributed by atoms with van der Waals surface area (Å²) in [5.74, 6) is -0.411. The third-order valence-electron chi connectivity index (χ3n) is 4.59. The molecule has 1 unspecified atom stereocenters. The molecule has 2 aromatic heterocycles. The number of nitrogen functional groups attached to an aromatic ring is 1. The summed E-state index contributed by atoms with van der Waals surface area (Å²) in [5, 5.41) is 4.96. The van der Waals surface area contributed by atoms with Crippen molar-refractivity contribution in [2.45, 2.75) is 19.3 Å². The van der Waals surface area contributed by atoms with E-state index in [0.29, 0.717) is 33.6 Å². The zero-order valence-electron chi connectivity index (χ0n) is 14.5. The number of hydrogen-bond acceptors (Lipinski definition) is 5. The Morgan fingerprint density at radius 1 is 1.15 bits per heavy atom. The Morgan fingerprint density at radius 3 is 2.56 bits per heavy atom. The molecule has 1 saturated heterocycles. The highest BCUT2D eigenvalue weighted by Crippen LogP contribution is 2.38. The van der Waals surface area contributed by atoms with Crippen LogP contribution in [0.15, 0.2) is 48.7 Å². The van der Waals surface area contributed by atoms with Gasteiger partial charge in [-0.25, -0.2) is 4.98 Å². The average molecular weight is 382 g/mol. The van der Waals surface area contributed by atoms with Gasteiger partial charge in [-0.15, -0.1) is 0 Å². The third kappa shape index (κ3) is 2.86. The van der Waals surface area contributed by atoms with Gasteiger partial charge in [0.1, 0.15) is 5.82 Å². The molecule has 1 aromatic carbocycles. The second kappa shape index (κ2) is 6.51. The first-order valence-electron chi connectivity index (χ1n) is 8.36. The molecule has 0 saturated carbocycles. The van der Waals surface area contributed by atoms with E-state index >= 15 is 0 Å². The minimum absolute atomic E-state index is 0.0421. The number of rotatable bonds is 3. The summed E-state index contributed by atoms with van der Waals surface area (Å²) < 4.78 is 1.49. The number of imide groups is 1.